The summed E-state index contributed by atoms with van der Waals surface area (Å²) in [5, 5.41) is 14.1. The summed E-state index contributed by atoms with van der Waals surface area (Å²) in [6.07, 6.45) is 5.21. The monoisotopic (exact) mass is 292 g/mol. The molecule has 0 bridgehead atoms. The number of amides is 2. The Morgan fingerprint density at radius 1 is 1.48 bits per heavy atom. The second kappa shape index (κ2) is 7.13. The topological polar surface area (TPSA) is 120 Å². The zero-order chi connectivity index (χ0) is 15.1. The normalized spacial score (nSPS) is 11.8. The molecule has 0 aliphatic carbocycles. The molecule has 0 radical (unpaired) electrons. The molecule has 0 aromatic carbocycles. The molecule has 2 aromatic rings. The standard InChI is InChI=1S/C13H16N4O4/c18-12(19)11(6-9-7-14-8-16-9)17-13(20)15-4-3-10-2-1-5-21-10/h1-2,5,7-8,11H,3-4,6H2,(H,14,16)(H,18,19)(H2,15,17,20)/t11-/m0/s1. The molecule has 0 saturated heterocycles. The minimum atomic E-state index is -1.11. The van der Waals surface area contributed by atoms with Gasteiger partial charge in [0.15, 0.2) is 0 Å². The number of aromatic nitrogens is 2. The van der Waals surface area contributed by atoms with Crippen LogP contribution < -0.4 is 10.6 Å². The van der Waals surface area contributed by atoms with Crippen molar-refractivity contribution in [3.63, 3.8) is 0 Å². The Hall–Kier alpha value is -2.77. The maximum atomic E-state index is 11.7. The number of carbonyl (C=O) groups excluding carboxylic acids is 1. The van der Waals surface area contributed by atoms with Crippen molar-refractivity contribution in [2.75, 3.05) is 6.54 Å². The van der Waals surface area contributed by atoms with Gasteiger partial charge in [0.05, 0.1) is 12.6 Å². The van der Waals surface area contributed by atoms with E-state index in [1.165, 1.54) is 12.5 Å². The molecule has 2 aromatic heterocycles. The number of H-pyrrole nitrogens is 1. The van der Waals surface area contributed by atoms with Gasteiger partial charge >= 0.3 is 12.0 Å². The molecule has 8 nitrogen and oxygen atoms in total. The highest BCUT2D eigenvalue weighted by atomic mass is 16.4. The molecule has 4 N–H and O–H groups in total. The smallest absolute Gasteiger partial charge is 0.326 e. The quantitative estimate of drug-likeness (QED) is 0.593. The molecule has 0 aliphatic rings. The van der Waals surface area contributed by atoms with E-state index in [4.69, 9.17) is 9.52 Å². The fourth-order valence-electron chi connectivity index (χ4n) is 1.78. The largest absolute Gasteiger partial charge is 0.480 e. The highest BCUT2D eigenvalue weighted by molar-refractivity contribution is 5.82. The lowest BCUT2D eigenvalue weighted by molar-refractivity contribution is -0.139. The first kappa shape index (κ1) is 14.6. The first-order valence-electron chi connectivity index (χ1n) is 6.42. The molecule has 8 heteroatoms. The van der Waals surface area contributed by atoms with Crippen LogP contribution in [0, 0.1) is 0 Å². The van der Waals surface area contributed by atoms with E-state index in [0.29, 0.717) is 18.7 Å². The van der Waals surface area contributed by atoms with Gasteiger partial charge in [0.2, 0.25) is 0 Å². The van der Waals surface area contributed by atoms with Crippen molar-refractivity contribution in [2.45, 2.75) is 18.9 Å². The molecule has 2 amide bonds. The van der Waals surface area contributed by atoms with E-state index >= 15 is 0 Å². The molecule has 112 valence electrons. The van der Waals surface area contributed by atoms with Crippen molar-refractivity contribution in [1.29, 1.82) is 0 Å². The van der Waals surface area contributed by atoms with Crippen molar-refractivity contribution in [3.8, 4) is 0 Å². The number of hydrogen-bond donors (Lipinski definition) is 4. The van der Waals surface area contributed by atoms with Crippen LogP contribution in [0.3, 0.4) is 0 Å². The van der Waals surface area contributed by atoms with Gasteiger partial charge in [-0.3, -0.25) is 0 Å². The highest BCUT2D eigenvalue weighted by Gasteiger charge is 2.20. The predicted molar refractivity (Wildman–Crippen MR) is 72.7 cm³/mol. The summed E-state index contributed by atoms with van der Waals surface area (Å²) in [5.41, 5.74) is 0.637. The van der Waals surface area contributed by atoms with Crippen LogP contribution in [0.1, 0.15) is 11.5 Å². The van der Waals surface area contributed by atoms with Gasteiger partial charge in [-0.1, -0.05) is 0 Å². The van der Waals surface area contributed by atoms with E-state index in [0.717, 1.165) is 5.76 Å². The van der Waals surface area contributed by atoms with Crippen LogP contribution in [0.2, 0.25) is 0 Å². The Bertz CT molecular complexity index is 565. The van der Waals surface area contributed by atoms with Crippen LogP contribution in [0.5, 0.6) is 0 Å². The lowest BCUT2D eigenvalue weighted by Gasteiger charge is -2.14. The van der Waals surface area contributed by atoms with Crippen molar-refractivity contribution in [1.82, 2.24) is 20.6 Å². The number of aliphatic carboxylic acids is 1. The molecular formula is C13H16N4O4. The SMILES string of the molecule is O=C(NCCc1ccco1)N[C@@H](Cc1cnc[nH]1)C(=O)O. The number of nitrogens with zero attached hydrogens (tertiary/aromatic N) is 1. The minimum absolute atomic E-state index is 0.140. The maximum absolute atomic E-state index is 11.7. The van der Waals surface area contributed by atoms with Crippen LogP contribution in [-0.4, -0.2) is 39.7 Å². The third-order valence-electron chi connectivity index (χ3n) is 2.82. The molecule has 21 heavy (non-hydrogen) atoms. The average Bonchev–Trinajstić information content (AvgIpc) is 3.10. The number of furan rings is 1. The maximum Gasteiger partial charge on any atom is 0.326 e. The Morgan fingerprint density at radius 2 is 2.33 bits per heavy atom. The fourth-order valence-corrected chi connectivity index (χ4v) is 1.78. The van der Waals surface area contributed by atoms with Crippen molar-refractivity contribution in [2.24, 2.45) is 0 Å². The number of aromatic amines is 1. The van der Waals surface area contributed by atoms with Crippen molar-refractivity contribution >= 4 is 12.0 Å². The zero-order valence-corrected chi connectivity index (χ0v) is 11.2. The molecule has 2 rings (SSSR count). The van der Waals surface area contributed by atoms with Gasteiger partial charge < -0.3 is 25.1 Å². The summed E-state index contributed by atoms with van der Waals surface area (Å²) >= 11 is 0. The number of nitrogens with one attached hydrogen (secondary N) is 3. The first-order chi connectivity index (χ1) is 10.1. The third-order valence-corrected chi connectivity index (χ3v) is 2.82. The van der Waals surface area contributed by atoms with Gasteiger partial charge in [0.1, 0.15) is 11.8 Å². The number of carbonyl (C=O) groups is 2. The molecule has 0 aliphatic heterocycles. The molecule has 0 fully saturated rings. The van der Waals surface area contributed by atoms with Gasteiger partial charge in [0, 0.05) is 31.3 Å². The van der Waals surface area contributed by atoms with Crippen molar-refractivity contribution in [3.05, 3.63) is 42.4 Å². The van der Waals surface area contributed by atoms with Crippen LogP contribution in [-0.2, 0) is 17.6 Å². The Labute approximate surface area is 120 Å². The van der Waals surface area contributed by atoms with E-state index in [1.807, 2.05) is 0 Å². The summed E-state index contributed by atoms with van der Waals surface area (Å²) in [6, 6.07) is 2.01. The summed E-state index contributed by atoms with van der Waals surface area (Å²) < 4.78 is 5.13. The molecule has 0 spiro atoms. The zero-order valence-electron chi connectivity index (χ0n) is 11.2. The second-order valence-electron chi connectivity index (χ2n) is 4.40. The van der Waals surface area contributed by atoms with E-state index in [2.05, 4.69) is 20.6 Å². The number of carboxylic acid groups (broad SMARTS) is 1. The number of urea groups is 1. The van der Waals surface area contributed by atoms with Gasteiger partial charge in [-0.05, 0) is 12.1 Å². The molecule has 1 atom stereocenters. The molecule has 2 heterocycles. The van der Waals surface area contributed by atoms with E-state index in [9.17, 15) is 9.59 Å². The minimum Gasteiger partial charge on any atom is -0.480 e. The van der Waals surface area contributed by atoms with Crippen LogP contribution in [0.15, 0.2) is 35.3 Å². The summed E-state index contributed by atoms with van der Waals surface area (Å²) in [5.74, 6) is -0.353. The Balaban J connectivity index is 1.76. The lowest BCUT2D eigenvalue weighted by Crippen LogP contribution is -2.47. The van der Waals surface area contributed by atoms with Crippen molar-refractivity contribution < 1.29 is 19.1 Å². The highest BCUT2D eigenvalue weighted by Crippen LogP contribution is 2.00. The van der Waals surface area contributed by atoms with E-state index < -0.39 is 18.0 Å². The second-order valence-corrected chi connectivity index (χ2v) is 4.40. The number of hydrogen-bond acceptors (Lipinski definition) is 4. The molecular weight excluding hydrogens is 276 g/mol. The van der Waals surface area contributed by atoms with Crippen LogP contribution >= 0.6 is 0 Å². The van der Waals surface area contributed by atoms with Gasteiger partial charge in [-0.15, -0.1) is 0 Å². The first-order valence-corrected chi connectivity index (χ1v) is 6.42. The van der Waals surface area contributed by atoms with Crippen LogP contribution in [0.4, 0.5) is 4.79 Å². The van der Waals surface area contributed by atoms with E-state index in [1.54, 1.807) is 18.4 Å². The summed E-state index contributed by atoms with van der Waals surface area (Å²) in [4.78, 5) is 29.4. The fraction of sp³-hybridized carbons (Fsp3) is 0.308. The Morgan fingerprint density at radius 3 is 2.95 bits per heavy atom. The van der Waals surface area contributed by atoms with Gasteiger partial charge in [-0.25, -0.2) is 14.6 Å². The Kier molecular flexibility index (Phi) is 4.97. The summed E-state index contributed by atoms with van der Waals surface area (Å²) in [7, 11) is 0. The van der Waals surface area contributed by atoms with E-state index in [-0.39, 0.29) is 6.42 Å². The average molecular weight is 292 g/mol. The van der Waals surface area contributed by atoms with Gasteiger partial charge in [0.25, 0.3) is 0 Å². The molecule has 0 unspecified atom stereocenters. The number of carboxylic acids is 1. The van der Waals surface area contributed by atoms with Gasteiger partial charge in [-0.2, -0.15) is 0 Å². The predicted octanol–water partition coefficient (Wildman–Crippen LogP) is 0.540. The van der Waals surface area contributed by atoms with Crippen LogP contribution in [0.25, 0.3) is 0 Å². The molecule has 0 saturated carbocycles. The number of imidazole rings is 1. The number of rotatable bonds is 7. The third kappa shape index (κ3) is 4.68. The summed E-state index contributed by atoms with van der Waals surface area (Å²) in [6.45, 7) is 0.357. The lowest BCUT2D eigenvalue weighted by atomic mass is 10.2.